The highest BCUT2D eigenvalue weighted by Gasteiger charge is 2.06. The van der Waals surface area contributed by atoms with E-state index in [0.29, 0.717) is 5.56 Å². The summed E-state index contributed by atoms with van der Waals surface area (Å²) in [5, 5.41) is 0. The lowest BCUT2D eigenvalue weighted by Crippen LogP contribution is -2.14. The molecule has 0 atom stereocenters. The van der Waals surface area contributed by atoms with Gasteiger partial charge in [0.2, 0.25) is 5.91 Å². The fraction of sp³-hybridized carbons (Fsp3) is 0.250. The van der Waals surface area contributed by atoms with Crippen LogP contribution in [-0.4, -0.2) is 24.3 Å². The van der Waals surface area contributed by atoms with E-state index in [1.54, 1.807) is 24.3 Å². The van der Waals surface area contributed by atoms with E-state index in [1.165, 1.54) is 6.92 Å². The van der Waals surface area contributed by atoms with Gasteiger partial charge < -0.3 is 10.5 Å². The number of carbonyl (C=O) groups is 3. The van der Waals surface area contributed by atoms with E-state index in [1.807, 2.05) is 0 Å². The van der Waals surface area contributed by atoms with Crippen molar-refractivity contribution in [2.45, 2.75) is 13.3 Å². The lowest BCUT2D eigenvalue weighted by Gasteiger charge is -2.02. The van der Waals surface area contributed by atoms with Crippen molar-refractivity contribution in [3.8, 4) is 0 Å². The standard InChI is InChI=1S/C12H13NO4/c1-8(14)17-7-11(15)6-9-2-4-10(5-3-9)12(13)16/h2-5H,6-7H2,1H3,(H2,13,16). The van der Waals surface area contributed by atoms with Gasteiger partial charge in [0, 0.05) is 18.9 Å². The Morgan fingerprint density at radius 1 is 1.18 bits per heavy atom. The molecule has 0 heterocycles. The molecule has 0 radical (unpaired) electrons. The van der Waals surface area contributed by atoms with Crippen LogP contribution in [0.15, 0.2) is 24.3 Å². The molecule has 0 bridgehead atoms. The summed E-state index contributed by atoms with van der Waals surface area (Å²) in [5.41, 5.74) is 6.22. The number of hydrogen-bond donors (Lipinski definition) is 1. The molecule has 5 heteroatoms. The second-order valence-corrected chi connectivity index (χ2v) is 3.56. The molecule has 1 amide bonds. The van der Waals surface area contributed by atoms with Crippen molar-refractivity contribution >= 4 is 17.7 Å². The molecule has 0 unspecified atom stereocenters. The molecule has 2 N–H and O–H groups in total. The first-order chi connectivity index (χ1) is 7.99. The minimum absolute atomic E-state index is 0.159. The molecule has 17 heavy (non-hydrogen) atoms. The van der Waals surface area contributed by atoms with Gasteiger partial charge in [-0.15, -0.1) is 0 Å². The van der Waals surface area contributed by atoms with E-state index in [9.17, 15) is 14.4 Å². The third kappa shape index (κ3) is 4.46. The molecule has 1 aromatic carbocycles. The van der Waals surface area contributed by atoms with Crippen LogP contribution >= 0.6 is 0 Å². The Morgan fingerprint density at radius 2 is 1.76 bits per heavy atom. The van der Waals surface area contributed by atoms with Crippen LogP contribution in [0.25, 0.3) is 0 Å². The van der Waals surface area contributed by atoms with Crippen molar-refractivity contribution in [2.24, 2.45) is 5.73 Å². The lowest BCUT2D eigenvalue weighted by atomic mass is 10.1. The van der Waals surface area contributed by atoms with Crippen LogP contribution in [0.5, 0.6) is 0 Å². The molecule has 1 aromatic rings. The minimum atomic E-state index is -0.511. The van der Waals surface area contributed by atoms with Crippen LogP contribution in [0.2, 0.25) is 0 Å². The molecular formula is C12H13NO4. The van der Waals surface area contributed by atoms with Crippen LogP contribution in [-0.2, 0) is 20.7 Å². The number of nitrogens with two attached hydrogens (primary N) is 1. The Morgan fingerprint density at radius 3 is 2.24 bits per heavy atom. The number of Topliss-reactive ketones (excluding diaryl/α,β-unsaturated/α-hetero) is 1. The first-order valence-corrected chi connectivity index (χ1v) is 5.03. The Bertz CT molecular complexity index is 436. The molecule has 0 aromatic heterocycles. The lowest BCUT2D eigenvalue weighted by molar-refractivity contribution is -0.145. The molecule has 5 nitrogen and oxygen atoms in total. The number of ketones is 1. The predicted molar refractivity (Wildman–Crippen MR) is 60.3 cm³/mol. The highest BCUT2D eigenvalue weighted by atomic mass is 16.5. The number of rotatable bonds is 5. The molecule has 0 aliphatic carbocycles. The molecule has 0 saturated heterocycles. The number of benzene rings is 1. The Hall–Kier alpha value is -2.17. The Kier molecular flexibility index (Phi) is 4.39. The average molecular weight is 235 g/mol. The van der Waals surface area contributed by atoms with Crippen LogP contribution in [0, 0.1) is 0 Å². The topological polar surface area (TPSA) is 86.5 Å². The highest BCUT2D eigenvalue weighted by molar-refractivity contribution is 5.93. The maximum Gasteiger partial charge on any atom is 0.303 e. The van der Waals surface area contributed by atoms with E-state index in [-0.39, 0.29) is 18.8 Å². The Labute approximate surface area is 98.6 Å². The van der Waals surface area contributed by atoms with Gasteiger partial charge in [0.05, 0.1) is 0 Å². The zero-order chi connectivity index (χ0) is 12.8. The van der Waals surface area contributed by atoms with Crippen LogP contribution in [0.4, 0.5) is 0 Å². The largest absolute Gasteiger partial charge is 0.458 e. The zero-order valence-corrected chi connectivity index (χ0v) is 9.43. The number of hydrogen-bond acceptors (Lipinski definition) is 4. The predicted octanol–water partition coefficient (Wildman–Crippen LogP) is 0.460. The summed E-state index contributed by atoms with van der Waals surface area (Å²) < 4.78 is 4.58. The number of ether oxygens (including phenoxy) is 1. The molecule has 1 rings (SSSR count). The second-order valence-electron chi connectivity index (χ2n) is 3.56. The summed E-state index contributed by atoms with van der Waals surface area (Å²) in [6.07, 6.45) is 0.159. The van der Waals surface area contributed by atoms with Gasteiger partial charge in [-0.1, -0.05) is 12.1 Å². The van der Waals surface area contributed by atoms with E-state index in [0.717, 1.165) is 5.56 Å². The van der Waals surface area contributed by atoms with Crippen LogP contribution in [0.1, 0.15) is 22.8 Å². The van der Waals surface area contributed by atoms with Crippen molar-refractivity contribution in [3.63, 3.8) is 0 Å². The first-order valence-electron chi connectivity index (χ1n) is 5.03. The molecule has 90 valence electrons. The van der Waals surface area contributed by atoms with E-state index < -0.39 is 11.9 Å². The maximum atomic E-state index is 11.4. The van der Waals surface area contributed by atoms with Gasteiger partial charge in [-0.2, -0.15) is 0 Å². The third-order valence-electron chi connectivity index (χ3n) is 2.08. The fourth-order valence-electron chi connectivity index (χ4n) is 1.25. The summed E-state index contributed by atoms with van der Waals surface area (Å²) in [4.78, 5) is 32.7. The molecule has 0 fully saturated rings. The molecule has 0 saturated carbocycles. The second kappa shape index (κ2) is 5.79. The number of carbonyl (C=O) groups excluding carboxylic acids is 3. The average Bonchev–Trinajstić information content (AvgIpc) is 2.27. The molecule has 0 aliphatic heterocycles. The number of esters is 1. The van der Waals surface area contributed by atoms with Gasteiger partial charge in [0.1, 0.15) is 6.61 Å². The van der Waals surface area contributed by atoms with Gasteiger partial charge in [0.25, 0.3) is 0 Å². The summed E-state index contributed by atoms with van der Waals surface area (Å²) in [6.45, 7) is 1.02. The van der Waals surface area contributed by atoms with Crippen molar-refractivity contribution in [2.75, 3.05) is 6.61 Å². The summed E-state index contributed by atoms with van der Waals surface area (Å²) >= 11 is 0. The minimum Gasteiger partial charge on any atom is -0.458 e. The van der Waals surface area contributed by atoms with Crippen LogP contribution in [0.3, 0.4) is 0 Å². The molecular weight excluding hydrogens is 222 g/mol. The van der Waals surface area contributed by atoms with Gasteiger partial charge in [-0.3, -0.25) is 14.4 Å². The smallest absolute Gasteiger partial charge is 0.303 e. The van der Waals surface area contributed by atoms with Crippen molar-refractivity contribution < 1.29 is 19.1 Å². The van der Waals surface area contributed by atoms with Gasteiger partial charge >= 0.3 is 5.97 Å². The third-order valence-corrected chi connectivity index (χ3v) is 2.08. The van der Waals surface area contributed by atoms with E-state index in [2.05, 4.69) is 4.74 Å². The summed E-state index contributed by atoms with van der Waals surface area (Å²) in [5.74, 6) is -1.20. The molecule has 0 spiro atoms. The van der Waals surface area contributed by atoms with Gasteiger partial charge in [-0.25, -0.2) is 0 Å². The fourth-order valence-corrected chi connectivity index (χ4v) is 1.25. The zero-order valence-electron chi connectivity index (χ0n) is 9.43. The van der Waals surface area contributed by atoms with Crippen molar-refractivity contribution in [3.05, 3.63) is 35.4 Å². The maximum absolute atomic E-state index is 11.4. The first kappa shape index (κ1) is 12.9. The summed E-state index contributed by atoms with van der Waals surface area (Å²) in [6, 6.07) is 6.39. The van der Waals surface area contributed by atoms with E-state index >= 15 is 0 Å². The van der Waals surface area contributed by atoms with Crippen molar-refractivity contribution in [1.82, 2.24) is 0 Å². The Balaban J connectivity index is 2.54. The van der Waals surface area contributed by atoms with Gasteiger partial charge in [0.15, 0.2) is 5.78 Å². The molecule has 0 aliphatic rings. The number of amides is 1. The quantitative estimate of drug-likeness (QED) is 0.751. The SMILES string of the molecule is CC(=O)OCC(=O)Cc1ccc(C(N)=O)cc1. The summed E-state index contributed by atoms with van der Waals surface area (Å²) in [7, 11) is 0. The van der Waals surface area contributed by atoms with Crippen molar-refractivity contribution in [1.29, 1.82) is 0 Å². The highest BCUT2D eigenvalue weighted by Crippen LogP contribution is 2.05. The van der Waals surface area contributed by atoms with Gasteiger partial charge in [-0.05, 0) is 17.7 Å². The van der Waals surface area contributed by atoms with E-state index in [4.69, 9.17) is 5.73 Å². The van der Waals surface area contributed by atoms with Crippen LogP contribution < -0.4 is 5.73 Å². The normalized spacial score (nSPS) is 9.71. The monoisotopic (exact) mass is 235 g/mol. The number of primary amides is 1.